The molecule has 0 bridgehead atoms. The van der Waals surface area contributed by atoms with Crippen molar-refractivity contribution >= 4 is 29.1 Å². The van der Waals surface area contributed by atoms with Crippen molar-refractivity contribution in [3.05, 3.63) is 64.1 Å². The van der Waals surface area contributed by atoms with Gasteiger partial charge in [-0.1, -0.05) is 53.5 Å². The summed E-state index contributed by atoms with van der Waals surface area (Å²) in [5.41, 5.74) is 1.14. The Morgan fingerprint density at radius 1 is 1.17 bits per heavy atom. The standard InChI is InChI=1S/C18H20Cl2N2O2/c1-22(2)16(13-6-4-3-5-7-13)11-21-18(23)12-24-17-10-14(19)8-9-15(17)20/h3-10,16H,11-12H2,1-2H3,(H,21,23)/t16-/m1/s1. The van der Waals surface area contributed by atoms with Gasteiger partial charge < -0.3 is 15.0 Å². The van der Waals surface area contributed by atoms with Crippen LogP contribution >= 0.6 is 23.2 Å². The van der Waals surface area contributed by atoms with E-state index < -0.39 is 0 Å². The van der Waals surface area contributed by atoms with E-state index in [-0.39, 0.29) is 18.6 Å². The second-order valence-corrected chi connectivity index (χ2v) is 6.40. The minimum absolute atomic E-state index is 0.0879. The predicted octanol–water partition coefficient (Wildman–Crippen LogP) is 3.79. The second-order valence-electron chi connectivity index (χ2n) is 5.56. The maximum absolute atomic E-state index is 12.0. The lowest BCUT2D eigenvalue weighted by molar-refractivity contribution is -0.123. The van der Waals surface area contributed by atoms with Crippen LogP contribution in [-0.2, 0) is 4.79 Å². The van der Waals surface area contributed by atoms with Crippen LogP contribution in [-0.4, -0.2) is 38.1 Å². The largest absolute Gasteiger partial charge is 0.482 e. The Morgan fingerprint density at radius 2 is 1.88 bits per heavy atom. The molecule has 0 aliphatic carbocycles. The van der Waals surface area contributed by atoms with E-state index in [1.54, 1.807) is 18.2 Å². The van der Waals surface area contributed by atoms with Crippen LogP contribution < -0.4 is 10.1 Å². The van der Waals surface area contributed by atoms with Crippen molar-refractivity contribution in [1.29, 1.82) is 0 Å². The average molecular weight is 367 g/mol. The van der Waals surface area contributed by atoms with E-state index >= 15 is 0 Å². The number of ether oxygens (including phenoxy) is 1. The molecule has 128 valence electrons. The maximum Gasteiger partial charge on any atom is 0.258 e. The summed E-state index contributed by atoms with van der Waals surface area (Å²) in [7, 11) is 3.96. The first-order valence-corrected chi connectivity index (χ1v) is 8.29. The average Bonchev–Trinajstić information content (AvgIpc) is 2.56. The molecule has 0 unspecified atom stereocenters. The van der Waals surface area contributed by atoms with Gasteiger partial charge in [0.2, 0.25) is 0 Å². The van der Waals surface area contributed by atoms with Crippen molar-refractivity contribution in [3.8, 4) is 5.75 Å². The highest BCUT2D eigenvalue weighted by atomic mass is 35.5. The summed E-state index contributed by atoms with van der Waals surface area (Å²) in [6.45, 7) is 0.373. The molecule has 0 radical (unpaired) electrons. The first kappa shape index (κ1) is 18.6. The summed E-state index contributed by atoms with van der Waals surface area (Å²) in [6.07, 6.45) is 0. The van der Waals surface area contributed by atoms with Gasteiger partial charge in [0, 0.05) is 17.6 Å². The van der Waals surface area contributed by atoms with Crippen molar-refractivity contribution in [3.63, 3.8) is 0 Å². The van der Waals surface area contributed by atoms with Crippen LogP contribution in [0, 0.1) is 0 Å². The van der Waals surface area contributed by atoms with Gasteiger partial charge in [0.1, 0.15) is 5.75 Å². The number of halogens is 2. The zero-order valence-electron chi connectivity index (χ0n) is 13.6. The van der Waals surface area contributed by atoms with Gasteiger partial charge in [0.15, 0.2) is 6.61 Å². The minimum atomic E-state index is -0.214. The fourth-order valence-electron chi connectivity index (χ4n) is 2.27. The lowest BCUT2D eigenvalue weighted by Crippen LogP contribution is -2.36. The Balaban J connectivity index is 1.88. The van der Waals surface area contributed by atoms with Crippen molar-refractivity contribution in [2.24, 2.45) is 0 Å². The lowest BCUT2D eigenvalue weighted by atomic mass is 10.1. The van der Waals surface area contributed by atoms with Crippen molar-refractivity contribution in [1.82, 2.24) is 10.2 Å². The number of benzene rings is 2. The fraction of sp³-hybridized carbons (Fsp3) is 0.278. The summed E-state index contributed by atoms with van der Waals surface area (Å²) in [4.78, 5) is 14.1. The zero-order valence-corrected chi connectivity index (χ0v) is 15.1. The Labute approximate surface area is 152 Å². The summed E-state index contributed by atoms with van der Waals surface area (Å²) >= 11 is 11.9. The van der Waals surface area contributed by atoms with E-state index in [4.69, 9.17) is 27.9 Å². The van der Waals surface area contributed by atoms with Gasteiger partial charge in [-0.25, -0.2) is 0 Å². The number of likely N-dealkylation sites (N-methyl/N-ethyl adjacent to an activating group) is 1. The third-order valence-electron chi connectivity index (χ3n) is 3.55. The Morgan fingerprint density at radius 3 is 2.54 bits per heavy atom. The Bertz CT molecular complexity index is 678. The lowest BCUT2D eigenvalue weighted by Gasteiger charge is -2.25. The molecule has 1 atom stereocenters. The van der Waals surface area contributed by atoms with Crippen LogP contribution in [0.5, 0.6) is 5.75 Å². The van der Waals surface area contributed by atoms with Crippen LogP contribution in [0.15, 0.2) is 48.5 Å². The second kappa shape index (κ2) is 8.92. The molecule has 0 saturated heterocycles. The quantitative estimate of drug-likeness (QED) is 0.810. The van der Waals surface area contributed by atoms with Crippen molar-refractivity contribution < 1.29 is 9.53 Å². The van der Waals surface area contributed by atoms with Gasteiger partial charge >= 0.3 is 0 Å². The SMILES string of the molecule is CN(C)[C@H](CNC(=O)COc1cc(Cl)ccc1Cl)c1ccccc1. The van der Waals surface area contributed by atoms with Gasteiger partial charge in [-0.05, 0) is 31.8 Å². The van der Waals surface area contributed by atoms with E-state index in [1.807, 2.05) is 44.4 Å². The molecule has 2 aromatic rings. The van der Waals surface area contributed by atoms with E-state index in [0.717, 1.165) is 5.56 Å². The molecule has 0 spiro atoms. The van der Waals surface area contributed by atoms with Crippen molar-refractivity contribution in [2.75, 3.05) is 27.2 Å². The molecule has 1 N–H and O–H groups in total. The van der Waals surface area contributed by atoms with E-state index in [2.05, 4.69) is 10.2 Å². The number of nitrogens with zero attached hydrogens (tertiary/aromatic N) is 1. The van der Waals surface area contributed by atoms with Crippen LogP contribution in [0.4, 0.5) is 0 Å². The highest BCUT2D eigenvalue weighted by molar-refractivity contribution is 6.34. The van der Waals surface area contributed by atoms with E-state index in [1.165, 1.54) is 0 Å². The normalized spacial score (nSPS) is 12.0. The third-order valence-corrected chi connectivity index (χ3v) is 4.10. The highest BCUT2D eigenvalue weighted by Gasteiger charge is 2.15. The van der Waals surface area contributed by atoms with Gasteiger partial charge in [-0.15, -0.1) is 0 Å². The predicted molar refractivity (Wildman–Crippen MR) is 97.8 cm³/mol. The molecule has 4 nitrogen and oxygen atoms in total. The van der Waals surface area contributed by atoms with Crippen LogP contribution in [0.2, 0.25) is 10.0 Å². The first-order valence-electron chi connectivity index (χ1n) is 7.53. The van der Waals surface area contributed by atoms with Gasteiger partial charge in [-0.2, -0.15) is 0 Å². The molecular weight excluding hydrogens is 347 g/mol. The molecule has 24 heavy (non-hydrogen) atoms. The minimum Gasteiger partial charge on any atom is -0.482 e. The summed E-state index contributed by atoms with van der Waals surface area (Å²) in [5, 5.41) is 3.81. The van der Waals surface area contributed by atoms with Crippen LogP contribution in [0.3, 0.4) is 0 Å². The number of hydrogen-bond donors (Lipinski definition) is 1. The fourth-order valence-corrected chi connectivity index (χ4v) is 2.60. The Kier molecular flexibility index (Phi) is 6.91. The summed E-state index contributed by atoms with van der Waals surface area (Å²) in [5.74, 6) is 0.181. The monoisotopic (exact) mass is 366 g/mol. The number of hydrogen-bond acceptors (Lipinski definition) is 3. The van der Waals surface area contributed by atoms with E-state index in [9.17, 15) is 4.79 Å². The van der Waals surface area contributed by atoms with Crippen LogP contribution in [0.1, 0.15) is 11.6 Å². The third kappa shape index (κ3) is 5.41. The van der Waals surface area contributed by atoms with E-state index in [0.29, 0.717) is 22.3 Å². The molecule has 0 aliphatic rings. The van der Waals surface area contributed by atoms with Gasteiger partial charge in [-0.3, -0.25) is 4.79 Å². The van der Waals surface area contributed by atoms with Gasteiger partial charge in [0.05, 0.1) is 11.1 Å². The first-order chi connectivity index (χ1) is 11.5. The zero-order chi connectivity index (χ0) is 17.5. The number of carbonyl (C=O) groups is 1. The number of rotatable bonds is 7. The number of nitrogens with one attached hydrogen (secondary N) is 1. The van der Waals surface area contributed by atoms with Gasteiger partial charge in [0.25, 0.3) is 5.91 Å². The Hall–Kier alpha value is -1.75. The number of carbonyl (C=O) groups excluding carboxylic acids is 1. The molecule has 0 saturated carbocycles. The smallest absolute Gasteiger partial charge is 0.258 e. The molecule has 0 aromatic heterocycles. The maximum atomic E-state index is 12.0. The van der Waals surface area contributed by atoms with Crippen LogP contribution in [0.25, 0.3) is 0 Å². The summed E-state index contributed by atoms with van der Waals surface area (Å²) in [6, 6.07) is 15.0. The summed E-state index contributed by atoms with van der Waals surface area (Å²) < 4.78 is 5.44. The molecular formula is C18H20Cl2N2O2. The molecule has 0 heterocycles. The molecule has 2 aromatic carbocycles. The number of amides is 1. The molecule has 0 fully saturated rings. The highest BCUT2D eigenvalue weighted by Crippen LogP contribution is 2.27. The molecule has 2 rings (SSSR count). The molecule has 1 amide bonds. The topological polar surface area (TPSA) is 41.6 Å². The van der Waals surface area contributed by atoms with Crippen molar-refractivity contribution in [2.45, 2.75) is 6.04 Å². The molecule has 6 heteroatoms. The molecule has 0 aliphatic heterocycles.